The van der Waals surface area contributed by atoms with E-state index in [1.54, 1.807) is 0 Å². The molecule has 0 heterocycles. The van der Waals surface area contributed by atoms with E-state index in [0.717, 1.165) is 12.8 Å². The molecule has 5 heteroatoms. The van der Waals surface area contributed by atoms with Crippen molar-refractivity contribution in [1.29, 1.82) is 0 Å². The number of carbonyl (C=O) groups excluding carboxylic acids is 1. The molecule has 0 atom stereocenters. The molecule has 0 rings (SSSR count). The van der Waals surface area contributed by atoms with Gasteiger partial charge in [0.25, 0.3) is 0 Å². The van der Waals surface area contributed by atoms with Gasteiger partial charge in [0.2, 0.25) is 5.91 Å². The number of aliphatic hydroxyl groups excluding tert-OH is 1. The van der Waals surface area contributed by atoms with Crippen LogP contribution in [0.1, 0.15) is 26.2 Å². The highest BCUT2D eigenvalue weighted by molar-refractivity contribution is 5.75. The smallest absolute Gasteiger partial charge is 0.222 e. The molecule has 2 N–H and O–H groups in total. The topological polar surface area (TPSA) is 67.8 Å². The molecule has 0 saturated carbocycles. The zero-order valence-electron chi connectivity index (χ0n) is 10.0. The standard InChI is InChI=1S/C11H23NO4/c1-2-7-15-9-4-11(14)12-5-3-8-16-10-6-13/h13H,2-10H2,1H3,(H,12,14). The Morgan fingerprint density at radius 3 is 2.62 bits per heavy atom. The molecule has 0 spiro atoms. The van der Waals surface area contributed by atoms with Gasteiger partial charge in [-0.05, 0) is 12.8 Å². The van der Waals surface area contributed by atoms with Gasteiger partial charge in [-0.15, -0.1) is 0 Å². The maximum absolute atomic E-state index is 11.2. The van der Waals surface area contributed by atoms with Gasteiger partial charge < -0.3 is 19.9 Å². The molecule has 1 amide bonds. The quantitative estimate of drug-likeness (QED) is 0.504. The molecule has 0 radical (unpaired) electrons. The highest BCUT2D eigenvalue weighted by atomic mass is 16.5. The first kappa shape index (κ1) is 15.3. The average molecular weight is 233 g/mol. The molecule has 5 nitrogen and oxygen atoms in total. The predicted octanol–water partition coefficient (Wildman–Crippen LogP) is 0.318. The Morgan fingerprint density at radius 2 is 1.94 bits per heavy atom. The van der Waals surface area contributed by atoms with Crippen molar-refractivity contribution in [2.24, 2.45) is 0 Å². The van der Waals surface area contributed by atoms with E-state index in [0.29, 0.717) is 39.4 Å². The molecule has 0 bridgehead atoms. The van der Waals surface area contributed by atoms with E-state index in [9.17, 15) is 4.79 Å². The van der Waals surface area contributed by atoms with Crippen LogP contribution < -0.4 is 5.32 Å². The third-order valence-electron chi connectivity index (χ3n) is 1.85. The molecule has 0 fully saturated rings. The van der Waals surface area contributed by atoms with E-state index in [-0.39, 0.29) is 12.5 Å². The largest absolute Gasteiger partial charge is 0.394 e. The summed E-state index contributed by atoms with van der Waals surface area (Å²) in [6.45, 7) is 4.81. The number of carbonyl (C=O) groups is 1. The summed E-state index contributed by atoms with van der Waals surface area (Å²) in [7, 11) is 0. The maximum atomic E-state index is 11.2. The van der Waals surface area contributed by atoms with Crippen molar-refractivity contribution < 1.29 is 19.4 Å². The van der Waals surface area contributed by atoms with Crippen LogP contribution in [0.2, 0.25) is 0 Å². The third kappa shape index (κ3) is 11.4. The summed E-state index contributed by atoms with van der Waals surface area (Å²) in [6.07, 6.45) is 2.16. The van der Waals surface area contributed by atoms with Gasteiger partial charge in [-0.3, -0.25) is 4.79 Å². The molecule has 0 aliphatic rings. The van der Waals surface area contributed by atoms with Gasteiger partial charge in [0.1, 0.15) is 0 Å². The molecular formula is C11H23NO4. The highest BCUT2D eigenvalue weighted by Crippen LogP contribution is 1.86. The van der Waals surface area contributed by atoms with Crippen molar-refractivity contribution in [1.82, 2.24) is 5.32 Å². The fourth-order valence-corrected chi connectivity index (χ4v) is 1.07. The van der Waals surface area contributed by atoms with Gasteiger partial charge in [-0.25, -0.2) is 0 Å². The molecule has 0 unspecified atom stereocenters. The van der Waals surface area contributed by atoms with Gasteiger partial charge in [0.15, 0.2) is 0 Å². The van der Waals surface area contributed by atoms with Gasteiger partial charge >= 0.3 is 0 Å². The first-order valence-corrected chi connectivity index (χ1v) is 5.84. The molecule has 96 valence electrons. The fraction of sp³-hybridized carbons (Fsp3) is 0.909. The Morgan fingerprint density at radius 1 is 1.19 bits per heavy atom. The summed E-state index contributed by atoms with van der Waals surface area (Å²) in [4.78, 5) is 11.2. The first-order chi connectivity index (χ1) is 7.81. The van der Waals surface area contributed by atoms with Crippen LogP contribution in [0.5, 0.6) is 0 Å². The number of amides is 1. The average Bonchev–Trinajstić information content (AvgIpc) is 2.29. The van der Waals surface area contributed by atoms with Crippen molar-refractivity contribution in [2.45, 2.75) is 26.2 Å². The van der Waals surface area contributed by atoms with E-state index < -0.39 is 0 Å². The van der Waals surface area contributed by atoms with Gasteiger partial charge in [-0.2, -0.15) is 0 Å². The highest BCUT2D eigenvalue weighted by Gasteiger charge is 1.99. The van der Waals surface area contributed by atoms with Crippen LogP contribution in [0.15, 0.2) is 0 Å². The summed E-state index contributed by atoms with van der Waals surface area (Å²) in [5, 5.41) is 11.2. The monoisotopic (exact) mass is 233 g/mol. The lowest BCUT2D eigenvalue weighted by Gasteiger charge is -2.06. The van der Waals surface area contributed by atoms with Gasteiger partial charge in [0, 0.05) is 26.2 Å². The molecule has 0 aliphatic carbocycles. The van der Waals surface area contributed by atoms with E-state index >= 15 is 0 Å². The van der Waals surface area contributed by atoms with Crippen molar-refractivity contribution in [3.05, 3.63) is 0 Å². The van der Waals surface area contributed by atoms with Crippen LogP contribution in [0, 0.1) is 0 Å². The number of hydrogen-bond acceptors (Lipinski definition) is 4. The van der Waals surface area contributed by atoms with Crippen LogP contribution >= 0.6 is 0 Å². The van der Waals surface area contributed by atoms with Crippen LogP contribution in [-0.2, 0) is 14.3 Å². The molecule has 16 heavy (non-hydrogen) atoms. The summed E-state index contributed by atoms with van der Waals surface area (Å²) < 4.78 is 10.3. The second-order valence-electron chi connectivity index (χ2n) is 3.40. The number of nitrogens with one attached hydrogen (secondary N) is 1. The maximum Gasteiger partial charge on any atom is 0.222 e. The molecule has 0 aromatic rings. The molecule has 0 aliphatic heterocycles. The van der Waals surface area contributed by atoms with Gasteiger partial charge in [-0.1, -0.05) is 6.92 Å². The minimum absolute atomic E-state index is 0.0123. The summed E-state index contributed by atoms with van der Waals surface area (Å²) in [6, 6.07) is 0. The Labute approximate surface area is 97.1 Å². The lowest BCUT2D eigenvalue weighted by atomic mass is 10.4. The third-order valence-corrected chi connectivity index (χ3v) is 1.85. The zero-order chi connectivity index (χ0) is 12.1. The van der Waals surface area contributed by atoms with Crippen LogP contribution in [0.3, 0.4) is 0 Å². The first-order valence-electron chi connectivity index (χ1n) is 5.84. The van der Waals surface area contributed by atoms with Crippen molar-refractivity contribution >= 4 is 5.91 Å². The summed E-state index contributed by atoms with van der Waals surface area (Å²) in [5.41, 5.74) is 0. The summed E-state index contributed by atoms with van der Waals surface area (Å²) in [5.74, 6) is 0.0123. The summed E-state index contributed by atoms with van der Waals surface area (Å²) >= 11 is 0. The van der Waals surface area contributed by atoms with Crippen LogP contribution in [-0.4, -0.2) is 50.6 Å². The molecule has 0 saturated heterocycles. The van der Waals surface area contributed by atoms with E-state index in [2.05, 4.69) is 5.32 Å². The zero-order valence-corrected chi connectivity index (χ0v) is 10.0. The fourth-order valence-electron chi connectivity index (χ4n) is 1.07. The van der Waals surface area contributed by atoms with E-state index in [1.165, 1.54) is 0 Å². The van der Waals surface area contributed by atoms with Crippen molar-refractivity contribution in [3.8, 4) is 0 Å². The number of hydrogen-bond donors (Lipinski definition) is 2. The van der Waals surface area contributed by atoms with Gasteiger partial charge in [0.05, 0.1) is 19.8 Å². The normalized spacial score (nSPS) is 10.4. The number of rotatable bonds is 11. The van der Waals surface area contributed by atoms with Crippen molar-refractivity contribution in [2.75, 3.05) is 39.6 Å². The minimum atomic E-state index is 0.0123. The number of ether oxygens (including phenoxy) is 2. The molecule has 0 aromatic carbocycles. The van der Waals surface area contributed by atoms with E-state index in [1.807, 2.05) is 6.92 Å². The second kappa shape index (κ2) is 12.4. The Balaban J connectivity index is 3.11. The predicted molar refractivity (Wildman–Crippen MR) is 61.3 cm³/mol. The Kier molecular flexibility index (Phi) is 11.9. The van der Waals surface area contributed by atoms with Crippen molar-refractivity contribution in [3.63, 3.8) is 0 Å². The lowest BCUT2D eigenvalue weighted by Crippen LogP contribution is -2.26. The SMILES string of the molecule is CCCOCCC(=O)NCCCOCCO. The van der Waals surface area contributed by atoms with Crippen LogP contribution in [0.25, 0.3) is 0 Å². The lowest BCUT2D eigenvalue weighted by molar-refractivity contribution is -0.122. The number of aliphatic hydroxyl groups is 1. The second-order valence-corrected chi connectivity index (χ2v) is 3.40. The Hall–Kier alpha value is -0.650. The molecular weight excluding hydrogens is 210 g/mol. The Bertz CT molecular complexity index is 164. The minimum Gasteiger partial charge on any atom is -0.394 e. The molecule has 0 aromatic heterocycles. The van der Waals surface area contributed by atoms with Crippen LogP contribution in [0.4, 0.5) is 0 Å². The van der Waals surface area contributed by atoms with E-state index in [4.69, 9.17) is 14.6 Å².